The van der Waals surface area contributed by atoms with E-state index in [1.54, 1.807) is 23.1 Å². The van der Waals surface area contributed by atoms with Crippen LogP contribution in [0.2, 0.25) is 0 Å². The lowest BCUT2D eigenvalue weighted by Gasteiger charge is -2.32. The number of anilines is 1. The van der Waals surface area contributed by atoms with Gasteiger partial charge in [0.1, 0.15) is 0 Å². The van der Waals surface area contributed by atoms with E-state index in [0.29, 0.717) is 30.8 Å². The van der Waals surface area contributed by atoms with Gasteiger partial charge in [-0.15, -0.1) is 0 Å². The van der Waals surface area contributed by atoms with E-state index in [0.717, 1.165) is 5.56 Å². The summed E-state index contributed by atoms with van der Waals surface area (Å²) in [6, 6.07) is 5.16. The average Bonchev–Trinajstić information content (AvgIpc) is 2.55. The van der Waals surface area contributed by atoms with Crippen molar-refractivity contribution in [3.05, 3.63) is 29.3 Å². The molecule has 1 aliphatic heterocycles. The molecule has 1 unspecified atom stereocenters. The third-order valence-electron chi connectivity index (χ3n) is 4.17. The number of carboxylic acids is 1. The van der Waals surface area contributed by atoms with Crippen molar-refractivity contribution in [1.29, 1.82) is 0 Å². The molecule has 1 saturated heterocycles. The van der Waals surface area contributed by atoms with E-state index >= 15 is 0 Å². The second kappa shape index (κ2) is 8.80. The Hall–Kier alpha value is -2.41. The summed E-state index contributed by atoms with van der Waals surface area (Å²) in [7, 11) is 0. The zero-order valence-electron chi connectivity index (χ0n) is 15.4. The zero-order chi connectivity index (χ0) is 19.3. The summed E-state index contributed by atoms with van der Waals surface area (Å²) in [5.74, 6) is -0.878. The van der Waals surface area contributed by atoms with Crippen LogP contribution in [0, 0.1) is 12.8 Å². The van der Waals surface area contributed by atoms with E-state index in [2.05, 4.69) is 5.32 Å². The summed E-state index contributed by atoms with van der Waals surface area (Å²) in [6.45, 7) is 6.82. The molecule has 0 radical (unpaired) electrons. The van der Waals surface area contributed by atoms with Crippen LogP contribution in [0.3, 0.4) is 0 Å². The summed E-state index contributed by atoms with van der Waals surface area (Å²) < 4.78 is 5.40. The van der Waals surface area contributed by atoms with Gasteiger partial charge in [0.05, 0.1) is 19.1 Å². The van der Waals surface area contributed by atoms with Gasteiger partial charge in [0, 0.05) is 30.8 Å². The molecule has 2 N–H and O–H groups in total. The minimum atomic E-state index is -0.943. The molecule has 7 nitrogen and oxygen atoms in total. The van der Waals surface area contributed by atoms with Crippen molar-refractivity contribution in [2.24, 2.45) is 5.92 Å². The number of hydrogen-bond acceptors (Lipinski definition) is 4. The topological polar surface area (TPSA) is 95.9 Å². The van der Waals surface area contributed by atoms with Gasteiger partial charge in [0.25, 0.3) is 5.91 Å². The molecule has 1 aromatic rings. The summed E-state index contributed by atoms with van der Waals surface area (Å²) in [6.07, 6.45) is -0.163. The molecule has 0 aromatic heterocycles. The number of morpholine rings is 1. The maximum atomic E-state index is 12.7. The number of carbonyl (C=O) groups is 3. The number of amides is 2. The van der Waals surface area contributed by atoms with Crippen molar-refractivity contribution >= 4 is 23.5 Å². The normalized spacial score (nSPS) is 17.2. The van der Waals surface area contributed by atoms with Gasteiger partial charge in [-0.2, -0.15) is 0 Å². The molecule has 1 heterocycles. The van der Waals surface area contributed by atoms with E-state index in [1.165, 1.54) is 0 Å². The number of benzene rings is 1. The van der Waals surface area contributed by atoms with Gasteiger partial charge in [-0.3, -0.25) is 14.4 Å². The Kier molecular flexibility index (Phi) is 6.74. The number of carbonyl (C=O) groups excluding carboxylic acids is 2. The minimum Gasteiger partial charge on any atom is -0.481 e. The van der Waals surface area contributed by atoms with Crippen LogP contribution in [0.25, 0.3) is 0 Å². The first-order chi connectivity index (χ1) is 12.3. The monoisotopic (exact) mass is 362 g/mol. The van der Waals surface area contributed by atoms with Gasteiger partial charge in [-0.25, -0.2) is 0 Å². The molecular weight excluding hydrogens is 336 g/mol. The van der Waals surface area contributed by atoms with E-state index in [9.17, 15) is 14.4 Å². The largest absolute Gasteiger partial charge is 0.481 e. The summed E-state index contributed by atoms with van der Waals surface area (Å²) in [5, 5.41) is 11.7. The quantitative estimate of drug-likeness (QED) is 0.809. The maximum absolute atomic E-state index is 12.7. The number of nitrogens with one attached hydrogen (secondary N) is 1. The van der Waals surface area contributed by atoms with Gasteiger partial charge >= 0.3 is 5.97 Å². The molecule has 1 atom stereocenters. The van der Waals surface area contributed by atoms with E-state index in [-0.39, 0.29) is 30.7 Å². The molecule has 1 fully saturated rings. The number of nitrogens with zero attached hydrogens (tertiary/aromatic N) is 1. The molecule has 2 rings (SSSR count). The highest BCUT2D eigenvalue weighted by atomic mass is 16.5. The first-order valence-corrected chi connectivity index (χ1v) is 8.79. The molecule has 1 aromatic carbocycles. The second-order valence-electron chi connectivity index (χ2n) is 7.02. The summed E-state index contributed by atoms with van der Waals surface area (Å²) in [4.78, 5) is 37.1. The molecule has 0 aliphatic carbocycles. The van der Waals surface area contributed by atoms with Crippen LogP contribution in [0.15, 0.2) is 18.2 Å². The van der Waals surface area contributed by atoms with Gasteiger partial charge in [-0.1, -0.05) is 13.8 Å². The molecule has 7 heteroatoms. The number of aryl methyl sites for hydroxylation is 1. The lowest BCUT2D eigenvalue weighted by Crippen LogP contribution is -2.46. The SMILES string of the molecule is Cc1cc(C(=O)N2CCOC(CC(=O)O)C2)ccc1NC(=O)CC(C)C. The molecular formula is C19H26N2O5. The summed E-state index contributed by atoms with van der Waals surface area (Å²) in [5.41, 5.74) is 2.02. The lowest BCUT2D eigenvalue weighted by atomic mass is 10.1. The van der Waals surface area contributed by atoms with Crippen molar-refractivity contribution in [2.45, 2.75) is 39.7 Å². The van der Waals surface area contributed by atoms with E-state index in [1.807, 2.05) is 20.8 Å². The van der Waals surface area contributed by atoms with Crippen LogP contribution in [0.4, 0.5) is 5.69 Å². The Balaban J connectivity index is 2.04. The van der Waals surface area contributed by atoms with Crippen molar-refractivity contribution in [1.82, 2.24) is 4.90 Å². The third-order valence-corrected chi connectivity index (χ3v) is 4.17. The number of ether oxygens (including phenoxy) is 1. The fraction of sp³-hybridized carbons (Fsp3) is 0.526. The average molecular weight is 362 g/mol. The Bertz CT molecular complexity index is 687. The molecule has 142 valence electrons. The van der Waals surface area contributed by atoms with Gasteiger partial charge in [0.15, 0.2) is 0 Å². The van der Waals surface area contributed by atoms with Crippen molar-refractivity contribution in [2.75, 3.05) is 25.0 Å². The predicted molar refractivity (Wildman–Crippen MR) is 97.2 cm³/mol. The highest BCUT2D eigenvalue weighted by molar-refractivity contribution is 5.96. The highest BCUT2D eigenvalue weighted by Gasteiger charge is 2.26. The Morgan fingerprint density at radius 3 is 2.69 bits per heavy atom. The number of rotatable bonds is 6. The van der Waals surface area contributed by atoms with Crippen molar-refractivity contribution < 1.29 is 24.2 Å². The Labute approximate surface area is 153 Å². The van der Waals surface area contributed by atoms with E-state index < -0.39 is 12.1 Å². The molecule has 26 heavy (non-hydrogen) atoms. The van der Waals surface area contributed by atoms with Crippen LogP contribution >= 0.6 is 0 Å². The van der Waals surface area contributed by atoms with Gasteiger partial charge in [-0.05, 0) is 36.6 Å². The molecule has 2 amide bonds. The lowest BCUT2D eigenvalue weighted by molar-refractivity contribution is -0.141. The molecule has 0 spiro atoms. The Morgan fingerprint density at radius 1 is 1.35 bits per heavy atom. The molecule has 1 aliphatic rings. The first kappa shape index (κ1) is 19.9. The molecule has 0 saturated carbocycles. The fourth-order valence-corrected chi connectivity index (χ4v) is 2.91. The fourth-order valence-electron chi connectivity index (χ4n) is 2.91. The van der Waals surface area contributed by atoms with Gasteiger partial charge in [0.2, 0.25) is 5.91 Å². The summed E-state index contributed by atoms with van der Waals surface area (Å²) >= 11 is 0. The van der Waals surface area contributed by atoms with Crippen molar-refractivity contribution in [3.8, 4) is 0 Å². The smallest absolute Gasteiger partial charge is 0.306 e. The van der Waals surface area contributed by atoms with Gasteiger partial charge < -0.3 is 20.1 Å². The zero-order valence-corrected chi connectivity index (χ0v) is 15.4. The Morgan fingerprint density at radius 2 is 2.08 bits per heavy atom. The number of hydrogen-bond donors (Lipinski definition) is 2. The van der Waals surface area contributed by atoms with Crippen LogP contribution in [-0.2, 0) is 14.3 Å². The first-order valence-electron chi connectivity index (χ1n) is 8.79. The second-order valence-corrected chi connectivity index (χ2v) is 7.02. The van der Waals surface area contributed by atoms with E-state index in [4.69, 9.17) is 9.84 Å². The van der Waals surface area contributed by atoms with Crippen LogP contribution < -0.4 is 5.32 Å². The van der Waals surface area contributed by atoms with Crippen molar-refractivity contribution in [3.63, 3.8) is 0 Å². The van der Waals surface area contributed by atoms with Crippen LogP contribution in [0.1, 0.15) is 42.6 Å². The maximum Gasteiger partial charge on any atom is 0.306 e. The number of carboxylic acid groups (broad SMARTS) is 1. The standard InChI is InChI=1S/C19H26N2O5/c1-12(2)8-17(22)20-16-5-4-14(9-13(16)3)19(25)21-6-7-26-15(11-21)10-18(23)24/h4-5,9,12,15H,6-8,10-11H2,1-3H3,(H,20,22)(H,23,24). The number of aliphatic carboxylic acids is 1. The van der Waals surface area contributed by atoms with Crippen LogP contribution in [-0.4, -0.2) is 53.6 Å². The van der Waals surface area contributed by atoms with Crippen LogP contribution in [0.5, 0.6) is 0 Å². The highest BCUT2D eigenvalue weighted by Crippen LogP contribution is 2.20. The third kappa shape index (κ3) is 5.56. The minimum absolute atomic E-state index is 0.0492. The predicted octanol–water partition coefficient (Wildman–Crippen LogP) is 2.30. The molecule has 0 bridgehead atoms.